The fourth-order valence-electron chi connectivity index (χ4n) is 2.14. The van der Waals surface area contributed by atoms with E-state index in [1.807, 2.05) is 0 Å². The first-order valence-electron chi connectivity index (χ1n) is 6.66. The van der Waals surface area contributed by atoms with Gasteiger partial charge in [-0.1, -0.05) is 43.7 Å². The van der Waals surface area contributed by atoms with Gasteiger partial charge in [-0.15, -0.1) is 0 Å². The topological polar surface area (TPSA) is 26.0 Å². The number of rotatable bonds is 3. The van der Waals surface area contributed by atoms with E-state index >= 15 is 0 Å². The third-order valence-corrected chi connectivity index (χ3v) is 3.49. The summed E-state index contributed by atoms with van der Waals surface area (Å²) in [5.74, 6) is 7.07. The molecule has 2 N–H and O–H groups in total. The van der Waals surface area contributed by atoms with E-state index in [4.69, 9.17) is 5.73 Å². The van der Waals surface area contributed by atoms with Gasteiger partial charge in [0.15, 0.2) is 0 Å². The molecule has 0 amide bonds. The Kier molecular flexibility index (Phi) is 4.23. The second-order valence-electron chi connectivity index (χ2n) is 4.91. The Morgan fingerprint density at radius 2 is 2.00 bits per heavy atom. The van der Waals surface area contributed by atoms with Gasteiger partial charge in [0.2, 0.25) is 0 Å². The van der Waals surface area contributed by atoms with Crippen molar-refractivity contribution in [2.24, 2.45) is 5.73 Å². The van der Waals surface area contributed by atoms with Crippen molar-refractivity contribution in [3.8, 4) is 11.8 Å². The molecule has 1 heteroatoms. The molecular formula is C16H21N. The molecule has 1 aromatic rings. The van der Waals surface area contributed by atoms with E-state index in [2.05, 4.69) is 43.0 Å². The van der Waals surface area contributed by atoms with Crippen LogP contribution in [0.15, 0.2) is 24.3 Å². The van der Waals surface area contributed by atoms with Crippen LogP contribution in [0.1, 0.15) is 56.1 Å². The van der Waals surface area contributed by atoms with Crippen molar-refractivity contribution in [3.63, 3.8) is 0 Å². The average Bonchev–Trinajstić information content (AvgIpc) is 2.26. The molecular weight excluding hydrogens is 206 g/mol. The molecule has 2 rings (SSSR count). The van der Waals surface area contributed by atoms with Crippen molar-refractivity contribution in [3.05, 3.63) is 35.4 Å². The third kappa shape index (κ3) is 3.35. The fraction of sp³-hybridized carbons (Fsp3) is 0.500. The van der Waals surface area contributed by atoms with E-state index in [1.165, 1.54) is 24.8 Å². The van der Waals surface area contributed by atoms with Crippen molar-refractivity contribution in [2.45, 2.75) is 51.0 Å². The Morgan fingerprint density at radius 1 is 1.29 bits per heavy atom. The third-order valence-electron chi connectivity index (χ3n) is 3.49. The lowest BCUT2D eigenvalue weighted by Crippen LogP contribution is -2.16. The van der Waals surface area contributed by atoms with E-state index in [9.17, 15) is 0 Å². The summed E-state index contributed by atoms with van der Waals surface area (Å²) >= 11 is 0. The van der Waals surface area contributed by atoms with Crippen LogP contribution in [0.25, 0.3) is 0 Å². The minimum Gasteiger partial charge on any atom is -0.318 e. The minimum atomic E-state index is 0.0197. The van der Waals surface area contributed by atoms with Gasteiger partial charge < -0.3 is 5.73 Å². The Hall–Kier alpha value is -1.26. The molecule has 0 bridgehead atoms. The van der Waals surface area contributed by atoms with Gasteiger partial charge in [-0.3, -0.25) is 0 Å². The van der Waals surface area contributed by atoms with Crippen molar-refractivity contribution >= 4 is 0 Å². The number of hydrogen-bond donors (Lipinski definition) is 1. The summed E-state index contributed by atoms with van der Waals surface area (Å²) in [5, 5.41) is 0. The molecule has 1 saturated carbocycles. The molecule has 0 heterocycles. The maximum Gasteiger partial charge on any atom is 0.0668 e. The fourth-order valence-corrected chi connectivity index (χ4v) is 2.14. The van der Waals surface area contributed by atoms with Gasteiger partial charge in [0.1, 0.15) is 0 Å². The lowest BCUT2D eigenvalue weighted by atomic mass is 9.80. The summed E-state index contributed by atoms with van der Waals surface area (Å²) in [6.07, 6.45) is 6.17. The lowest BCUT2D eigenvalue weighted by molar-refractivity contribution is 0.420. The first-order valence-corrected chi connectivity index (χ1v) is 6.66. The van der Waals surface area contributed by atoms with Crippen LogP contribution in [0.2, 0.25) is 0 Å². The van der Waals surface area contributed by atoms with Crippen molar-refractivity contribution in [2.75, 3.05) is 0 Å². The first kappa shape index (κ1) is 12.2. The van der Waals surface area contributed by atoms with Gasteiger partial charge in [-0.25, -0.2) is 0 Å². The second-order valence-corrected chi connectivity index (χ2v) is 4.91. The van der Waals surface area contributed by atoms with Crippen LogP contribution in [0, 0.1) is 11.8 Å². The summed E-state index contributed by atoms with van der Waals surface area (Å²) in [6.45, 7) is 2.13. The summed E-state index contributed by atoms with van der Waals surface area (Å²) in [5.41, 5.74) is 8.42. The summed E-state index contributed by atoms with van der Waals surface area (Å²) in [7, 11) is 0. The van der Waals surface area contributed by atoms with Crippen molar-refractivity contribution in [1.29, 1.82) is 0 Å². The molecule has 1 fully saturated rings. The molecule has 90 valence electrons. The Morgan fingerprint density at radius 3 is 2.53 bits per heavy atom. The molecule has 0 spiro atoms. The van der Waals surface area contributed by atoms with E-state index < -0.39 is 0 Å². The zero-order valence-corrected chi connectivity index (χ0v) is 10.6. The largest absolute Gasteiger partial charge is 0.318 e. The van der Waals surface area contributed by atoms with Crippen molar-refractivity contribution < 1.29 is 0 Å². The normalized spacial score (nSPS) is 16.8. The van der Waals surface area contributed by atoms with Gasteiger partial charge in [-0.05, 0) is 42.9 Å². The molecule has 1 aromatic carbocycles. The van der Waals surface area contributed by atoms with Gasteiger partial charge in [-0.2, -0.15) is 0 Å². The van der Waals surface area contributed by atoms with Crippen LogP contribution in [0.3, 0.4) is 0 Å². The van der Waals surface area contributed by atoms with E-state index in [1.54, 1.807) is 0 Å². The Bertz CT molecular complexity index is 403. The molecule has 1 unspecified atom stereocenters. The molecule has 0 aliphatic heterocycles. The summed E-state index contributed by atoms with van der Waals surface area (Å²) in [4.78, 5) is 0. The van der Waals surface area contributed by atoms with Crippen LogP contribution in [0.5, 0.6) is 0 Å². The average molecular weight is 227 g/mol. The predicted molar refractivity (Wildman–Crippen MR) is 72.8 cm³/mol. The Labute approximate surface area is 104 Å². The zero-order chi connectivity index (χ0) is 12.1. The first-order chi connectivity index (χ1) is 8.29. The number of nitrogens with two attached hydrogens (primary N) is 1. The summed E-state index contributed by atoms with van der Waals surface area (Å²) in [6, 6.07) is 8.71. The number of benzene rings is 1. The smallest absolute Gasteiger partial charge is 0.0668 e. The maximum atomic E-state index is 5.87. The monoisotopic (exact) mass is 227 g/mol. The van der Waals surface area contributed by atoms with Gasteiger partial charge in [0.05, 0.1) is 6.04 Å². The molecule has 1 aliphatic carbocycles. The highest BCUT2D eigenvalue weighted by Crippen LogP contribution is 2.36. The standard InChI is InChI=1S/C16H21N/c1-2-4-16(17)12-9-13-7-10-15(11-8-13)14-5-3-6-14/h7-8,10-11,14,16H,2-6,17H2,1H3. The van der Waals surface area contributed by atoms with Gasteiger partial charge in [0, 0.05) is 5.56 Å². The van der Waals surface area contributed by atoms with Crippen LogP contribution in [0.4, 0.5) is 0 Å². The molecule has 0 aromatic heterocycles. The van der Waals surface area contributed by atoms with Gasteiger partial charge in [0.25, 0.3) is 0 Å². The van der Waals surface area contributed by atoms with Gasteiger partial charge >= 0.3 is 0 Å². The van der Waals surface area contributed by atoms with E-state index in [-0.39, 0.29) is 6.04 Å². The molecule has 0 saturated heterocycles. The zero-order valence-electron chi connectivity index (χ0n) is 10.6. The van der Waals surface area contributed by atoms with E-state index in [0.29, 0.717) is 0 Å². The molecule has 1 aliphatic rings. The minimum absolute atomic E-state index is 0.0197. The predicted octanol–water partition coefficient (Wildman–Crippen LogP) is 3.43. The number of hydrogen-bond acceptors (Lipinski definition) is 1. The highest BCUT2D eigenvalue weighted by atomic mass is 14.6. The Balaban J connectivity index is 1.97. The molecule has 0 radical (unpaired) electrons. The maximum absolute atomic E-state index is 5.87. The van der Waals surface area contributed by atoms with Crippen LogP contribution < -0.4 is 5.73 Å². The van der Waals surface area contributed by atoms with Crippen LogP contribution in [-0.4, -0.2) is 6.04 Å². The van der Waals surface area contributed by atoms with E-state index in [0.717, 1.165) is 24.3 Å². The molecule has 1 atom stereocenters. The summed E-state index contributed by atoms with van der Waals surface area (Å²) < 4.78 is 0. The van der Waals surface area contributed by atoms with Crippen molar-refractivity contribution in [1.82, 2.24) is 0 Å². The van der Waals surface area contributed by atoms with Crippen LogP contribution in [-0.2, 0) is 0 Å². The lowest BCUT2D eigenvalue weighted by Gasteiger charge is -2.25. The quantitative estimate of drug-likeness (QED) is 0.787. The highest BCUT2D eigenvalue weighted by Gasteiger charge is 2.18. The molecule has 1 nitrogen and oxygen atoms in total. The SMILES string of the molecule is CCCC(N)C#Cc1ccc(C2CCC2)cc1. The van der Waals surface area contributed by atoms with Crippen LogP contribution >= 0.6 is 0 Å². The highest BCUT2D eigenvalue weighted by molar-refractivity contribution is 5.38. The molecule has 17 heavy (non-hydrogen) atoms. The second kappa shape index (κ2) is 5.89.